The summed E-state index contributed by atoms with van der Waals surface area (Å²) in [5, 5.41) is 0. The third-order valence-electron chi connectivity index (χ3n) is 3.96. The second kappa shape index (κ2) is 5.67. The summed E-state index contributed by atoms with van der Waals surface area (Å²) in [7, 11) is 0. The van der Waals surface area contributed by atoms with Gasteiger partial charge in [-0.1, -0.05) is 12.2 Å². The van der Waals surface area contributed by atoms with Crippen molar-refractivity contribution >= 4 is 23.7 Å². The lowest BCUT2D eigenvalue weighted by Gasteiger charge is -2.22. The maximum atomic E-state index is 12.3. The maximum absolute atomic E-state index is 12.3. The van der Waals surface area contributed by atoms with Crippen molar-refractivity contribution in [2.75, 3.05) is 0 Å². The van der Waals surface area contributed by atoms with Crippen LogP contribution in [0.4, 0.5) is 0 Å². The van der Waals surface area contributed by atoms with Gasteiger partial charge in [-0.25, -0.2) is 4.79 Å². The average molecular weight is 294 g/mol. The number of primary amides is 1. The summed E-state index contributed by atoms with van der Waals surface area (Å²) in [4.78, 5) is 48.4. The topological polar surface area (TPSA) is 107 Å². The Bertz CT molecular complexity index is 501. The fourth-order valence-electron chi connectivity index (χ4n) is 2.64. The molecule has 0 bridgehead atoms. The number of hydrogen-bond acceptors (Lipinski definition) is 5. The van der Waals surface area contributed by atoms with Crippen LogP contribution >= 0.6 is 0 Å². The van der Waals surface area contributed by atoms with Crippen LogP contribution in [0.15, 0.2) is 12.2 Å². The van der Waals surface area contributed by atoms with Gasteiger partial charge in [0.15, 0.2) is 6.10 Å². The quantitative estimate of drug-likeness (QED) is 0.437. The molecule has 1 fully saturated rings. The molecule has 3 amide bonds. The molecule has 0 aromatic carbocycles. The molecule has 1 aliphatic carbocycles. The van der Waals surface area contributed by atoms with Crippen LogP contribution in [0.2, 0.25) is 0 Å². The van der Waals surface area contributed by atoms with Gasteiger partial charge in [-0.2, -0.15) is 0 Å². The van der Waals surface area contributed by atoms with Gasteiger partial charge in [0, 0.05) is 0 Å². The molecule has 2 N–H and O–H groups in total. The van der Waals surface area contributed by atoms with Gasteiger partial charge >= 0.3 is 5.97 Å². The van der Waals surface area contributed by atoms with Crippen LogP contribution in [0.25, 0.3) is 0 Å². The minimum Gasteiger partial charge on any atom is -0.451 e. The van der Waals surface area contributed by atoms with Crippen molar-refractivity contribution in [3.8, 4) is 0 Å². The van der Waals surface area contributed by atoms with Crippen molar-refractivity contribution in [1.82, 2.24) is 4.90 Å². The lowest BCUT2D eigenvalue weighted by molar-refractivity contribution is -0.163. The monoisotopic (exact) mass is 294 g/mol. The zero-order valence-electron chi connectivity index (χ0n) is 11.9. The average Bonchev–Trinajstić information content (AvgIpc) is 2.70. The Hall–Kier alpha value is -2.18. The van der Waals surface area contributed by atoms with E-state index in [9.17, 15) is 19.2 Å². The molecule has 21 heavy (non-hydrogen) atoms. The second-order valence-corrected chi connectivity index (χ2v) is 5.36. The molecular formula is C14H18N2O5. The number of imide groups is 1. The maximum Gasteiger partial charge on any atom is 0.329 e. The number of esters is 1. The predicted molar refractivity (Wildman–Crippen MR) is 71.4 cm³/mol. The summed E-state index contributed by atoms with van der Waals surface area (Å²) in [5.41, 5.74) is 5.02. The van der Waals surface area contributed by atoms with Gasteiger partial charge in [-0.05, 0) is 26.7 Å². The fraction of sp³-hybridized carbons (Fsp3) is 0.571. The van der Waals surface area contributed by atoms with Crippen molar-refractivity contribution in [1.29, 1.82) is 0 Å². The van der Waals surface area contributed by atoms with E-state index in [0.29, 0.717) is 12.8 Å². The largest absolute Gasteiger partial charge is 0.451 e. The Morgan fingerprint density at radius 3 is 2.10 bits per heavy atom. The molecule has 0 saturated carbocycles. The van der Waals surface area contributed by atoms with Crippen LogP contribution in [0.3, 0.4) is 0 Å². The molecule has 1 aliphatic heterocycles. The number of allylic oxidation sites excluding steroid dienone is 2. The molecule has 0 spiro atoms. The van der Waals surface area contributed by atoms with Crippen molar-refractivity contribution in [2.45, 2.75) is 38.8 Å². The normalized spacial score (nSPS) is 27.2. The van der Waals surface area contributed by atoms with Crippen LogP contribution in [0.5, 0.6) is 0 Å². The molecule has 7 nitrogen and oxygen atoms in total. The standard InChI is InChI=1S/C14H18N2O5/c1-7(14(20)21-8(2)11(15)17)16-12(18)9-5-3-4-6-10(9)13(16)19/h3-4,7-10H,5-6H2,1-2H3,(H2,15,17)/t7-,8+,9-,10-/m0/s1. The van der Waals surface area contributed by atoms with E-state index in [-0.39, 0.29) is 11.8 Å². The molecule has 0 aromatic rings. The Balaban J connectivity index is 2.11. The van der Waals surface area contributed by atoms with Gasteiger partial charge in [-0.15, -0.1) is 0 Å². The first-order valence-corrected chi connectivity index (χ1v) is 6.86. The Labute approximate surface area is 122 Å². The number of fused-ring (bicyclic) bond motifs is 1. The number of nitrogens with zero attached hydrogens (tertiary/aromatic N) is 1. The summed E-state index contributed by atoms with van der Waals surface area (Å²) in [5.74, 6) is -3.10. The minimum absolute atomic E-state index is 0.356. The highest BCUT2D eigenvalue weighted by Crippen LogP contribution is 2.36. The minimum atomic E-state index is -1.10. The van der Waals surface area contributed by atoms with Crippen LogP contribution in [0.1, 0.15) is 26.7 Å². The number of amides is 3. The third-order valence-corrected chi connectivity index (χ3v) is 3.96. The van der Waals surface area contributed by atoms with Crippen LogP contribution in [-0.2, 0) is 23.9 Å². The zero-order chi connectivity index (χ0) is 15.7. The van der Waals surface area contributed by atoms with E-state index >= 15 is 0 Å². The molecule has 4 atom stereocenters. The van der Waals surface area contributed by atoms with E-state index in [1.807, 2.05) is 12.2 Å². The highest BCUT2D eigenvalue weighted by molar-refractivity contribution is 6.08. The number of hydrogen-bond donors (Lipinski definition) is 1. The molecule has 0 unspecified atom stereocenters. The number of carbonyl (C=O) groups excluding carboxylic acids is 4. The van der Waals surface area contributed by atoms with Gasteiger partial charge < -0.3 is 10.5 Å². The molecule has 2 rings (SSSR count). The van der Waals surface area contributed by atoms with E-state index in [4.69, 9.17) is 10.5 Å². The molecular weight excluding hydrogens is 276 g/mol. The molecule has 7 heteroatoms. The summed E-state index contributed by atoms with van der Waals surface area (Å²) < 4.78 is 4.86. The van der Waals surface area contributed by atoms with Gasteiger partial charge in [0.25, 0.3) is 5.91 Å². The van der Waals surface area contributed by atoms with Crippen LogP contribution in [-0.4, -0.2) is 40.7 Å². The highest BCUT2D eigenvalue weighted by Gasteiger charge is 2.50. The molecule has 0 radical (unpaired) electrons. The van der Waals surface area contributed by atoms with E-state index in [1.54, 1.807) is 0 Å². The fourth-order valence-corrected chi connectivity index (χ4v) is 2.64. The van der Waals surface area contributed by atoms with E-state index in [2.05, 4.69) is 0 Å². The first-order chi connectivity index (χ1) is 9.84. The zero-order valence-corrected chi connectivity index (χ0v) is 11.9. The summed E-state index contributed by atoms with van der Waals surface area (Å²) in [6.45, 7) is 2.75. The SMILES string of the molecule is C[C@@H](OC(=O)[C@H](C)N1C(=O)[C@H]2CC=CC[C@@H]2C1=O)C(N)=O. The predicted octanol–water partition coefficient (Wildman–Crippen LogP) is -0.257. The van der Waals surface area contributed by atoms with Crippen molar-refractivity contribution in [2.24, 2.45) is 17.6 Å². The van der Waals surface area contributed by atoms with Gasteiger partial charge in [-0.3, -0.25) is 19.3 Å². The van der Waals surface area contributed by atoms with Crippen molar-refractivity contribution < 1.29 is 23.9 Å². The first kappa shape index (κ1) is 15.2. The number of carbonyl (C=O) groups is 4. The van der Waals surface area contributed by atoms with Gasteiger partial charge in [0.1, 0.15) is 6.04 Å². The molecule has 0 aromatic heterocycles. The Morgan fingerprint density at radius 1 is 1.19 bits per heavy atom. The Morgan fingerprint density at radius 2 is 1.67 bits per heavy atom. The number of ether oxygens (including phenoxy) is 1. The molecule has 1 heterocycles. The lowest BCUT2D eigenvalue weighted by Crippen LogP contribution is -2.46. The van der Waals surface area contributed by atoms with Crippen LogP contribution in [0, 0.1) is 11.8 Å². The molecule has 1 saturated heterocycles. The molecule has 114 valence electrons. The van der Waals surface area contributed by atoms with Crippen molar-refractivity contribution in [3.63, 3.8) is 0 Å². The summed E-state index contributed by atoms with van der Waals surface area (Å²) in [6, 6.07) is -1.06. The summed E-state index contributed by atoms with van der Waals surface area (Å²) in [6.07, 6.45) is 3.65. The van der Waals surface area contributed by atoms with E-state index in [0.717, 1.165) is 4.90 Å². The smallest absolute Gasteiger partial charge is 0.329 e. The number of nitrogens with two attached hydrogens (primary N) is 1. The van der Waals surface area contributed by atoms with E-state index < -0.39 is 35.9 Å². The highest BCUT2D eigenvalue weighted by atomic mass is 16.5. The molecule has 2 aliphatic rings. The van der Waals surface area contributed by atoms with Crippen molar-refractivity contribution in [3.05, 3.63) is 12.2 Å². The number of rotatable bonds is 4. The van der Waals surface area contributed by atoms with E-state index in [1.165, 1.54) is 13.8 Å². The Kier molecular flexibility index (Phi) is 4.11. The van der Waals surface area contributed by atoms with Gasteiger partial charge in [0.05, 0.1) is 11.8 Å². The van der Waals surface area contributed by atoms with Crippen LogP contribution < -0.4 is 5.73 Å². The van der Waals surface area contributed by atoms with Gasteiger partial charge in [0.2, 0.25) is 11.8 Å². The second-order valence-electron chi connectivity index (χ2n) is 5.36. The third kappa shape index (κ3) is 2.68. The number of likely N-dealkylation sites (tertiary alicyclic amines) is 1. The first-order valence-electron chi connectivity index (χ1n) is 6.86. The summed E-state index contributed by atoms with van der Waals surface area (Å²) >= 11 is 0. The lowest BCUT2D eigenvalue weighted by atomic mass is 9.85.